The van der Waals surface area contributed by atoms with Crippen molar-refractivity contribution in [1.29, 1.82) is 0 Å². The fourth-order valence-electron chi connectivity index (χ4n) is 1.68. The summed E-state index contributed by atoms with van der Waals surface area (Å²) in [4.78, 5) is 27.2. The highest BCUT2D eigenvalue weighted by Gasteiger charge is 2.23. The molecule has 0 saturated heterocycles. The number of oxazole rings is 1. The maximum atomic E-state index is 11.6. The molecule has 1 fully saturated rings. The number of halogens is 1. The molecule has 0 atom stereocenters. The summed E-state index contributed by atoms with van der Waals surface area (Å²) < 4.78 is 5.47. The molecule has 0 bridgehead atoms. The zero-order valence-corrected chi connectivity index (χ0v) is 12.5. The van der Waals surface area contributed by atoms with E-state index in [4.69, 9.17) is 16.0 Å². The molecule has 3 amide bonds. The number of fused-ring (bicyclic) bond motifs is 1. The van der Waals surface area contributed by atoms with Crippen molar-refractivity contribution in [3.63, 3.8) is 0 Å². The molecule has 1 aliphatic rings. The van der Waals surface area contributed by atoms with E-state index in [0.29, 0.717) is 21.3 Å². The molecule has 1 saturated carbocycles. The van der Waals surface area contributed by atoms with Crippen molar-refractivity contribution in [3.05, 3.63) is 23.2 Å². The third-order valence-corrected chi connectivity index (χ3v) is 3.89. The fourth-order valence-corrected chi connectivity index (χ4v) is 2.49. The van der Waals surface area contributed by atoms with E-state index in [1.54, 1.807) is 18.2 Å². The largest absolute Gasteiger partial charge is 0.431 e. The molecule has 0 radical (unpaired) electrons. The van der Waals surface area contributed by atoms with Crippen LogP contribution in [-0.4, -0.2) is 28.7 Å². The lowest BCUT2D eigenvalue weighted by atomic mass is 10.3. The van der Waals surface area contributed by atoms with Gasteiger partial charge in [0.25, 0.3) is 5.22 Å². The Hall–Kier alpha value is -1.73. The van der Waals surface area contributed by atoms with E-state index in [9.17, 15) is 9.59 Å². The van der Waals surface area contributed by atoms with E-state index in [1.807, 2.05) is 0 Å². The van der Waals surface area contributed by atoms with E-state index < -0.39 is 11.9 Å². The molecule has 0 spiro atoms. The summed E-state index contributed by atoms with van der Waals surface area (Å²) in [7, 11) is 0. The Morgan fingerprint density at radius 2 is 2.24 bits per heavy atom. The zero-order valence-electron chi connectivity index (χ0n) is 10.9. The predicted octanol–water partition coefficient (Wildman–Crippen LogP) is 2.56. The van der Waals surface area contributed by atoms with E-state index in [0.717, 1.165) is 24.6 Å². The van der Waals surface area contributed by atoms with E-state index in [-0.39, 0.29) is 11.8 Å². The predicted molar refractivity (Wildman–Crippen MR) is 79.4 cm³/mol. The Morgan fingerprint density at radius 1 is 1.43 bits per heavy atom. The van der Waals surface area contributed by atoms with Crippen molar-refractivity contribution < 1.29 is 14.0 Å². The fraction of sp³-hybridized carbons (Fsp3) is 0.308. The Bertz CT molecular complexity index is 699. The molecule has 0 unspecified atom stereocenters. The van der Waals surface area contributed by atoms with Gasteiger partial charge in [-0.15, -0.1) is 0 Å². The summed E-state index contributed by atoms with van der Waals surface area (Å²) in [5.74, 6) is -0.336. The molecule has 2 aromatic rings. The number of nitrogens with one attached hydrogen (secondary N) is 2. The minimum Gasteiger partial charge on any atom is -0.431 e. The Balaban J connectivity index is 1.53. The van der Waals surface area contributed by atoms with Crippen LogP contribution in [0, 0.1) is 0 Å². The van der Waals surface area contributed by atoms with E-state index in [1.165, 1.54) is 0 Å². The molecule has 1 aromatic heterocycles. The molecule has 6 nitrogen and oxygen atoms in total. The SMILES string of the molecule is O=C(CSc1nc2cc(Cl)ccc2o1)NC(=O)NC1CC1. The number of urea groups is 1. The smallest absolute Gasteiger partial charge is 0.321 e. The van der Waals surface area contributed by atoms with Crippen molar-refractivity contribution in [3.8, 4) is 0 Å². The second kappa shape index (κ2) is 5.95. The first-order valence-corrected chi connectivity index (χ1v) is 7.76. The van der Waals surface area contributed by atoms with Crippen LogP contribution >= 0.6 is 23.4 Å². The number of carbonyl (C=O) groups excluding carboxylic acids is 2. The zero-order chi connectivity index (χ0) is 14.8. The van der Waals surface area contributed by atoms with Gasteiger partial charge in [0.2, 0.25) is 5.91 Å². The van der Waals surface area contributed by atoms with Crippen LogP contribution in [0.3, 0.4) is 0 Å². The van der Waals surface area contributed by atoms with Crippen LogP contribution in [0.4, 0.5) is 4.79 Å². The number of aromatic nitrogens is 1. The lowest BCUT2D eigenvalue weighted by Crippen LogP contribution is -2.41. The molecule has 21 heavy (non-hydrogen) atoms. The number of hydrogen-bond donors (Lipinski definition) is 2. The highest BCUT2D eigenvalue weighted by Crippen LogP contribution is 2.25. The second-order valence-corrected chi connectivity index (χ2v) is 6.04. The first-order valence-electron chi connectivity index (χ1n) is 6.39. The number of imide groups is 1. The summed E-state index contributed by atoms with van der Waals surface area (Å²) >= 11 is 6.99. The third kappa shape index (κ3) is 3.89. The third-order valence-electron chi connectivity index (χ3n) is 2.82. The van der Waals surface area contributed by atoms with Gasteiger partial charge >= 0.3 is 6.03 Å². The Morgan fingerprint density at radius 3 is 3.00 bits per heavy atom. The molecule has 8 heteroatoms. The molecule has 2 N–H and O–H groups in total. The Labute approximate surface area is 129 Å². The van der Waals surface area contributed by atoms with Gasteiger partial charge in [-0.1, -0.05) is 23.4 Å². The first kappa shape index (κ1) is 14.2. The van der Waals surface area contributed by atoms with Gasteiger partial charge in [-0.25, -0.2) is 9.78 Å². The molecule has 1 aliphatic carbocycles. The summed E-state index contributed by atoms with van der Waals surface area (Å²) in [5.41, 5.74) is 1.24. The van der Waals surface area contributed by atoms with Crippen molar-refractivity contribution in [1.82, 2.24) is 15.6 Å². The van der Waals surface area contributed by atoms with Gasteiger partial charge in [0.1, 0.15) is 5.52 Å². The number of rotatable bonds is 4. The number of benzene rings is 1. The normalized spacial score (nSPS) is 14.1. The molecule has 0 aliphatic heterocycles. The molecular weight excluding hydrogens is 314 g/mol. The van der Waals surface area contributed by atoms with Gasteiger partial charge in [0.15, 0.2) is 5.58 Å². The standard InChI is InChI=1S/C13H12ClN3O3S/c14-7-1-4-10-9(5-7)16-13(20-10)21-6-11(18)17-12(19)15-8-2-3-8/h1,4-5,8H,2-3,6H2,(H2,15,17,18,19). The average molecular weight is 326 g/mol. The monoisotopic (exact) mass is 325 g/mol. The van der Waals surface area contributed by atoms with Crippen molar-refractivity contribution in [2.75, 3.05) is 5.75 Å². The van der Waals surface area contributed by atoms with Gasteiger partial charge in [-0.2, -0.15) is 0 Å². The quantitative estimate of drug-likeness (QED) is 0.844. The number of carbonyl (C=O) groups is 2. The van der Waals surface area contributed by atoms with E-state index >= 15 is 0 Å². The van der Waals surface area contributed by atoms with Crippen LogP contribution in [0.15, 0.2) is 27.8 Å². The molecule has 1 heterocycles. The summed E-state index contributed by atoms with van der Waals surface area (Å²) in [6, 6.07) is 4.88. The van der Waals surface area contributed by atoms with Crippen LogP contribution in [0.5, 0.6) is 0 Å². The number of amides is 3. The first-order chi connectivity index (χ1) is 10.1. The van der Waals surface area contributed by atoms with Gasteiger partial charge < -0.3 is 9.73 Å². The summed E-state index contributed by atoms with van der Waals surface area (Å²) in [6.45, 7) is 0. The molecule has 1 aromatic carbocycles. The molecular formula is C13H12ClN3O3S. The topological polar surface area (TPSA) is 84.2 Å². The average Bonchev–Trinajstić information content (AvgIpc) is 3.13. The van der Waals surface area contributed by atoms with Crippen molar-refractivity contribution in [2.45, 2.75) is 24.1 Å². The van der Waals surface area contributed by atoms with Crippen molar-refractivity contribution in [2.24, 2.45) is 0 Å². The van der Waals surface area contributed by atoms with Crippen LogP contribution in [-0.2, 0) is 4.79 Å². The highest BCUT2D eigenvalue weighted by molar-refractivity contribution is 7.99. The maximum absolute atomic E-state index is 11.6. The lowest BCUT2D eigenvalue weighted by Gasteiger charge is -2.03. The highest BCUT2D eigenvalue weighted by atomic mass is 35.5. The van der Waals surface area contributed by atoms with Crippen LogP contribution in [0.25, 0.3) is 11.1 Å². The molecule has 3 rings (SSSR count). The van der Waals surface area contributed by atoms with E-state index in [2.05, 4.69) is 15.6 Å². The van der Waals surface area contributed by atoms with Gasteiger partial charge in [0, 0.05) is 11.1 Å². The number of nitrogens with zero attached hydrogens (tertiary/aromatic N) is 1. The summed E-state index contributed by atoms with van der Waals surface area (Å²) in [6.07, 6.45) is 1.95. The van der Waals surface area contributed by atoms with Crippen molar-refractivity contribution >= 4 is 46.4 Å². The lowest BCUT2D eigenvalue weighted by molar-refractivity contribution is -0.117. The minimum absolute atomic E-state index is 0.0542. The maximum Gasteiger partial charge on any atom is 0.321 e. The molecule has 110 valence electrons. The van der Waals surface area contributed by atoms with Gasteiger partial charge in [-0.05, 0) is 31.0 Å². The van der Waals surface area contributed by atoms with Gasteiger partial charge in [0.05, 0.1) is 5.75 Å². The van der Waals surface area contributed by atoms with Gasteiger partial charge in [-0.3, -0.25) is 10.1 Å². The van der Waals surface area contributed by atoms with Crippen LogP contribution < -0.4 is 10.6 Å². The minimum atomic E-state index is -0.451. The Kier molecular flexibility index (Phi) is 4.03. The van der Waals surface area contributed by atoms with Crippen LogP contribution in [0.2, 0.25) is 5.02 Å². The second-order valence-electron chi connectivity index (χ2n) is 4.68. The van der Waals surface area contributed by atoms with Crippen LogP contribution in [0.1, 0.15) is 12.8 Å². The number of hydrogen-bond acceptors (Lipinski definition) is 5. The number of thioether (sulfide) groups is 1. The summed E-state index contributed by atoms with van der Waals surface area (Å²) in [5, 5.41) is 5.88.